The van der Waals surface area contributed by atoms with Crippen molar-refractivity contribution >= 4 is 7.92 Å². The average Bonchev–Trinajstić information content (AvgIpc) is 2.59. The van der Waals surface area contributed by atoms with Gasteiger partial charge in [-0.25, -0.2) is 0 Å². The van der Waals surface area contributed by atoms with Crippen LogP contribution in [-0.4, -0.2) is 18.0 Å². The Morgan fingerprint density at radius 1 is 1.15 bits per heavy atom. The molecule has 0 aromatic carbocycles. The monoisotopic (exact) mass is 200 g/mol. The molecule has 0 N–H and O–H groups in total. The minimum atomic E-state index is 0.474. The molecule has 1 heteroatoms. The topological polar surface area (TPSA) is 0 Å². The molecule has 0 radical (unpaired) electrons. The van der Waals surface area contributed by atoms with Crippen molar-refractivity contribution in [3.63, 3.8) is 0 Å². The first kappa shape index (κ1) is 11.5. The highest BCUT2D eigenvalue weighted by atomic mass is 31.1. The van der Waals surface area contributed by atoms with Crippen molar-refractivity contribution in [2.24, 2.45) is 0 Å². The first-order valence-corrected chi connectivity index (χ1v) is 7.90. The molecule has 2 atom stereocenters. The fourth-order valence-electron chi connectivity index (χ4n) is 2.32. The van der Waals surface area contributed by atoms with Crippen molar-refractivity contribution < 1.29 is 0 Å². The predicted octanol–water partition coefficient (Wildman–Crippen LogP) is 4.62. The van der Waals surface area contributed by atoms with Gasteiger partial charge in [-0.2, -0.15) is 0 Å². The molecule has 78 valence electrons. The van der Waals surface area contributed by atoms with Crippen molar-refractivity contribution in [3.05, 3.63) is 0 Å². The minimum Gasteiger partial charge on any atom is -0.104 e. The van der Waals surface area contributed by atoms with Gasteiger partial charge in [0.2, 0.25) is 0 Å². The predicted molar refractivity (Wildman–Crippen MR) is 64.1 cm³/mol. The van der Waals surface area contributed by atoms with E-state index in [0.29, 0.717) is 7.92 Å². The maximum atomic E-state index is 2.33. The zero-order valence-corrected chi connectivity index (χ0v) is 10.3. The van der Waals surface area contributed by atoms with Crippen LogP contribution in [0.25, 0.3) is 0 Å². The fourth-order valence-corrected chi connectivity index (χ4v) is 5.68. The number of hydrogen-bond acceptors (Lipinski definition) is 0. The summed E-state index contributed by atoms with van der Waals surface area (Å²) in [7, 11) is 0.474. The van der Waals surface area contributed by atoms with E-state index in [-0.39, 0.29) is 0 Å². The van der Waals surface area contributed by atoms with Gasteiger partial charge >= 0.3 is 0 Å². The maximum absolute atomic E-state index is 2.33. The highest BCUT2D eigenvalue weighted by Crippen LogP contribution is 2.52. The molecule has 1 fully saturated rings. The Labute approximate surface area is 85.2 Å². The number of unbranched alkanes of at least 4 members (excludes halogenated alkanes) is 2. The van der Waals surface area contributed by atoms with Crippen LogP contribution in [0.5, 0.6) is 0 Å². The summed E-state index contributed by atoms with van der Waals surface area (Å²) in [6.07, 6.45) is 13.6. The average molecular weight is 200 g/mol. The lowest BCUT2D eigenvalue weighted by molar-refractivity contribution is 0.656. The van der Waals surface area contributed by atoms with E-state index in [2.05, 4.69) is 13.8 Å². The van der Waals surface area contributed by atoms with Crippen molar-refractivity contribution in [3.8, 4) is 0 Å². The second-order valence-corrected chi connectivity index (χ2v) is 7.13. The number of hydrogen-bond donors (Lipinski definition) is 0. The highest BCUT2D eigenvalue weighted by molar-refractivity contribution is 7.58. The summed E-state index contributed by atoms with van der Waals surface area (Å²) in [5.41, 5.74) is 1.17. The molecule has 0 amide bonds. The van der Waals surface area contributed by atoms with E-state index >= 15 is 0 Å². The smallest absolute Gasteiger partial charge is 0.0209 e. The van der Waals surface area contributed by atoms with Gasteiger partial charge in [0.25, 0.3) is 0 Å². The second kappa shape index (κ2) is 6.82. The van der Waals surface area contributed by atoms with Gasteiger partial charge < -0.3 is 0 Å². The fraction of sp³-hybridized carbons (Fsp3) is 1.00. The Kier molecular flexibility index (Phi) is 6.04. The van der Waals surface area contributed by atoms with Crippen LogP contribution in [0, 0.1) is 0 Å². The van der Waals surface area contributed by atoms with Crippen LogP contribution < -0.4 is 0 Å². The van der Waals surface area contributed by atoms with E-state index < -0.39 is 0 Å². The summed E-state index contributed by atoms with van der Waals surface area (Å²) in [6.45, 7) is 4.65. The molecule has 0 spiro atoms. The van der Waals surface area contributed by atoms with Crippen molar-refractivity contribution in [1.29, 1.82) is 0 Å². The minimum absolute atomic E-state index is 0.474. The molecule has 1 aliphatic rings. The molecule has 13 heavy (non-hydrogen) atoms. The molecule has 1 rings (SSSR count). The van der Waals surface area contributed by atoms with Gasteiger partial charge in [-0.15, -0.1) is 7.92 Å². The summed E-state index contributed by atoms with van der Waals surface area (Å²) in [5.74, 6) is 0. The second-order valence-electron chi connectivity index (χ2n) is 4.33. The molecule has 0 aromatic heterocycles. The first-order valence-electron chi connectivity index (χ1n) is 6.12. The Morgan fingerprint density at radius 3 is 2.62 bits per heavy atom. The summed E-state index contributed by atoms with van der Waals surface area (Å²) in [5, 5.41) is 0. The SMILES string of the molecule is CCCCC1CCCP1CCCC. The lowest BCUT2D eigenvalue weighted by Gasteiger charge is -2.19. The molecular weight excluding hydrogens is 175 g/mol. The molecular formula is C12H25P. The van der Waals surface area contributed by atoms with Crippen LogP contribution >= 0.6 is 7.92 Å². The van der Waals surface area contributed by atoms with Gasteiger partial charge in [0.1, 0.15) is 0 Å². The van der Waals surface area contributed by atoms with Crippen LogP contribution in [0.3, 0.4) is 0 Å². The van der Waals surface area contributed by atoms with E-state index in [1.54, 1.807) is 31.6 Å². The van der Waals surface area contributed by atoms with E-state index in [1.807, 2.05) is 0 Å². The molecule has 1 saturated heterocycles. The van der Waals surface area contributed by atoms with Gasteiger partial charge in [-0.05, 0) is 43.7 Å². The molecule has 0 aliphatic carbocycles. The van der Waals surface area contributed by atoms with Gasteiger partial charge in [0, 0.05) is 0 Å². The number of rotatable bonds is 6. The van der Waals surface area contributed by atoms with Crippen molar-refractivity contribution in [2.75, 3.05) is 12.3 Å². The summed E-state index contributed by atoms with van der Waals surface area (Å²) < 4.78 is 0. The third kappa shape index (κ3) is 3.98. The molecule has 1 aliphatic heterocycles. The van der Waals surface area contributed by atoms with Crippen LogP contribution in [0.15, 0.2) is 0 Å². The van der Waals surface area contributed by atoms with Gasteiger partial charge in [0.05, 0.1) is 0 Å². The molecule has 0 bridgehead atoms. The summed E-state index contributed by atoms with van der Waals surface area (Å²) in [6, 6.07) is 0. The Bertz CT molecular complexity index is 108. The first-order chi connectivity index (χ1) is 6.38. The molecule has 0 aromatic rings. The summed E-state index contributed by atoms with van der Waals surface area (Å²) >= 11 is 0. The largest absolute Gasteiger partial charge is 0.104 e. The van der Waals surface area contributed by atoms with Crippen LogP contribution in [-0.2, 0) is 0 Å². The quantitative estimate of drug-likeness (QED) is 0.549. The van der Waals surface area contributed by atoms with Crippen LogP contribution in [0.4, 0.5) is 0 Å². The lowest BCUT2D eigenvalue weighted by Crippen LogP contribution is -2.01. The molecule has 2 unspecified atom stereocenters. The zero-order chi connectivity index (χ0) is 9.52. The van der Waals surface area contributed by atoms with E-state index in [0.717, 1.165) is 0 Å². The zero-order valence-electron chi connectivity index (χ0n) is 9.39. The van der Waals surface area contributed by atoms with Crippen molar-refractivity contribution in [2.45, 2.75) is 64.5 Å². The van der Waals surface area contributed by atoms with Crippen LogP contribution in [0.2, 0.25) is 0 Å². The standard InChI is InChI=1S/C12H25P/c1-3-5-8-12-9-7-11-13(12)10-6-4-2/h12H,3-11H2,1-2H3. The van der Waals surface area contributed by atoms with E-state index in [4.69, 9.17) is 0 Å². The van der Waals surface area contributed by atoms with Crippen molar-refractivity contribution in [1.82, 2.24) is 0 Å². The van der Waals surface area contributed by atoms with Gasteiger partial charge in [0.15, 0.2) is 0 Å². The van der Waals surface area contributed by atoms with Gasteiger partial charge in [-0.3, -0.25) is 0 Å². The Balaban J connectivity index is 2.18. The lowest BCUT2D eigenvalue weighted by atomic mass is 10.1. The summed E-state index contributed by atoms with van der Waals surface area (Å²) in [4.78, 5) is 0. The van der Waals surface area contributed by atoms with Gasteiger partial charge in [-0.1, -0.05) is 33.1 Å². The molecule has 0 nitrogen and oxygen atoms in total. The third-order valence-corrected chi connectivity index (χ3v) is 6.52. The molecule has 1 heterocycles. The normalized spacial score (nSPS) is 28.2. The maximum Gasteiger partial charge on any atom is -0.0209 e. The van der Waals surface area contributed by atoms with E-state index in [1.165, 1.54) is 31.3 Å². The Hall–Kier alpha value is 0.430. The third-order valence-electron chi connectivity index (χ3n) is 3.19. The van der Waals surface area contributed by atoms with E-state index in [9.17, 15) is 0 Å². The molecule has 0 saturated carbocycles. The highest BCUT2D eigenvalue weighted by Gasteiger charge is 2.24. The Morgan fingerprint density at radius 2 is 1.92 bits per heavy atom. The van der Waals surface area contributed by atoms with Crippen LogP contribution in [0.1, 0.15) is 58.8 Å².